The lowest BCUT2D eigenvalue weighted by molar-refractivity contribution is -0.0193. The molecule has 0 aromatic heterocycles. The minimum atomic E-state index is -0.614. The Hall–Kier alpha value is -0.200. The SMILES string of the molecule is NC[C@H]1O[C@@H](CO)[C@H](O)[C@@H]1N1CCCCC1. The number of likely N-dealkylation sites (tertiary alicyclic amines) is 1. The summed E-state index contributed by atoms with van der Waals surface area (Å²) in [5.41, 5.74) is 5.67. The largest absolute Gasteiger partial charge is 0.394 e. The average molecular weight is 230 g/mol. The quantitative estimate of drug-likeness (QED) is 0.575. The fourth-order valence-corrected chi connectivity index (χ4v) is 2.84. The molecule has 2 aliphatic rings. The Morgan fingerprint density at radius 2 is 1.88 bits per heavy atom. The summed E-state index contributed by atoms with van der Waals surface area (Å²) in [6.07, 6.45) is 2.37. The first kappa shape index (κ1) is 12.3. The second-order valence-corrected chi connectivity index (χ2v) is 4.71. The standard InChI is InChI=1S/C11H22N2O3/c12-6-8-10(11(15)9(7-14)16-8)13-4-2-1-3-5-13/h8-11,14-15H,1-7,12H2/t8-,9+,10-,11+/m1/s1. The highest BCUT2D eigenvalue weighted by Gasteiger charge is 2.45. The molecule has 0 aromatic rings. The van der Waals surface area contributed by atoms with Gasteiger partial charge in [-0.05, 0) is 25.9 Å². The number of nitrogens with zero attached hydrogens (tertiary/aromatic N) is 1. The summed E-state index contributed by atoms with van der Waals surface area (Å²) in [4.78, 5) is 2.27. The number of hydrogen-bond donors (Lipinski definition) is 3. The van der Waals surface area contributed by atoms with Gasteiger partial charge in [-0.15, -0.1) is 0 Å². The molecule has 4 atom stereocenters. The molecule has 4 N–H and O–H groups in total. The van der Waals surface area contributed by atoms with Gasteiger partial charge in [0.15, 0.2) is 0 Å². The zero-order valence-electron chi connectivity index (χ0n) is 9.59. The number of aliphatic hydroxyl groups excluding tert-OH is 2. The molecule has 2 heterocycles. The molecule has 0 saturated carbocycles. The lowest BCUT2D eigenvalue weighted by atomic mass is 9.99. The molecule has 16 heavy (non-hydrogen) atoms. The molecule has 5 nitrogen and oxygen atoms in total. The Bertz CT molecular complexity index is 219. The molecule has 0 spiro atoms. The van der Waals surface area contributed by atoms with Crippen molar-refractivity contribution in [3.63, 3.8) is 0 Å². The van der Waals surface area contributed by atoms with Crippen molar-refractivity contribution in [2.45, 2.75) is 43.6 Å². The molecule has 2 rings (SSSR count). The van der Waals surface area contributed by atoms with Gasteiger partial charge in [-0.25, -0.2) is 0 Å². The van der Waals surface area contributed by atoms with Gasteiger partial charge in [0.25, 0.3) is 0 Å². The molecular weight excluding hydrogens is 208 g/mol. The molecule has 94 valence electrons. The second kappa shape index (κ2) is 5.42. The van der Waals surface area contributed by atoms with Crippen LogP contribution in [0.5, 0.6) is 0 Å². The molecule has 5 heteroatoms. The number of nitrogens with two attached hydrogens (primary N) is 1. The van der Waals surface area contributed by atoms with E-state index >= 15 is 0 Å². The van der Waals surface area contributed by atoms with Crippen molar-refractivity contribution in [1.29, 1.82) is 0 Å². The fraction of sp³-hybridized carbons (Fsp3) is 1.00. The molecular formula is C11H22N2O3. The Morgan fingerprint density at radius 1 is 1.19 bits per heavy atom. The molecule has 0 aliphatic carbocycles. The van der Waals surface area contributed by atoms with E-state index in [2.05, 4.69) is 4.90 Å². The second-order valence-electron chi connectivity index (χ2n) is 4.71. The van der Waals surface area contributed by atoms with E-state index in [1.165, 1.54) is 19.3 Å². The first-order valence-electron chi connectivity index (χ1n) is 6.16. The van der Waals surface area contributed by atoms with Gasteiger partial charge in [-0.2, -0.15) is 0 Å². The monoisotopic (exact) mass is 230 g/mol. The van der Waals surface area contributed by atoms with Gasteiger partial charge < -0.3 is 20.7 Å². The highest BCUT2D eigenvalue weighted by molar-refractivity contribution is 4.97. The maximum absolute atomic E-state index is 10.1. The summed E-state index contributed by atoms with van der Waals surface area (Å²) in [6, 6.07) is -0.0394. The first-order chi connectivity index (χ1) is 7.77. The average Bonchev–Trinajstić information content (AvgIpc) is 2.66. The van der Waals surface area contributed by atoms with Crippen LogP contribution in [0.4, 0.5) is 0 Å². The van der Waals surface area contributed by atoms with Gasteiger partial charge in [-0.3, -0.25) is 4.90 Å². The normalized spacial score (nSPS) is 41.4. The number of piperidine rings is 1. The van der Waals surface area contributed by atoms with Gasteiger partial charge in [-0.1, -0.05) is 6.42 Å². The van der Waals surface area contributed by atoms with E-state index in [9.17, 15) is 5.11 Å². The summed E-state index contributed by atoms with van der Waals surface area (Å²) in [7, 11) is 0. The van der Waals surface area contributed by atoms with E-state index in [0.717, 1.165) is 13.1 Å². The summed E-state index contributed by atoms with van der Waals surface area (Å²) >= 11 is 0. The highest BCUT2D eigenvalue weighted by Crippen LogP contribution is 2.27. The molecule has 0 aromatic carbocycles. The van der Waals surface area contributed by atoms with Crippen molar-refractivity contribution in [1.82, 2.24) is 4.90 Å². The molecule has 0 radical (unpaired) electrons. The topological polar surface area (TPSA) is 79.0 Å². The summed E-state index contributed by atoms with van der Waals surface area (Å²) in [6.45, 7) is 2.26. The van der Waals surface area contributed by atoms with Crippen molar-refractivity contribution in [2.24, 2.45) is 5.73 Å². The van der Waals surface area contributed by atoms with E-state index < -0.39 is 12.2 Å². The smallest absolute Gasteiger partial charge is 0.109 e. The van der Waals surface area contributed by atoms with E-state index in [1.807, 2.05) is 0 Å². The number of rotatable bonds is 3. The van der Waals surface area contributed by atoms with Crippen LogP contribution in [0.15, 0.2) is 0 Å². The van der Waals surface area contributed by atoms with Gasteiger partial charge in [0.2, 0.25) is 0 Å². The predicted molar refractivity (Wildman–Crippen MR) is 60.0 cm³/mol. The minimum Gasteiger partial charge on any atom is -0.394 e. The maximum Gasteiger partial charge on any atom is 0.109 e. The van der Waals surface area contributed by atoms with Crippen LogP contribution in [0.3, 0.4) is 0 Å². The zero-order valence-corrected chi connectivity index (χ0v) is 9.59. The van der Waals surface area contributed by atoms with Crippen molar-refractivity contribution in [3.05, 3.63) is 0 Å². The Morgan fingerprint density at radius 3 is 2.44 bits per heavy atom. The van der Waals surface area contributed by atoms with Crippen LogP contribution in [0.2, 0.25) is 0 Å². The lowest BCUT2D eigenvalue weighted by Gasteiger charge is -2.35. The third kappa shape index (κ3) is 2.24. The molecule has 2 fully saturated rings. The number of ether oxygens (including phenoxy) is 1. The molecule has 0 bridgehead atoms. The van der Waals surface area contributed by atoms with Crippen LogP contribution in [0, 0.1) is 0 Å². The van der Waals surface area contributed by atoms with Crippen LogP contribution in [0.25, 0.3) is 0 Å². The highest BCUT2D eigenvalue weighted by atomic mass is 16.5. The summed E-state index contributed by atoms with van der Waals surface area (Å²) < 4.78 is 5.57. The fourth-order valence-electron chi connectivity index (χ4n) is 2.84. The predicted octanol–water partition coefficient (Wildman–Crippen LogP) is -1.08. The molecule has 2 saturated heterocycles. The van der Waals surface area contributed by atoms with Crippen molar-refractivity contribution in [2.75, 3.05) is 26.2 Å². The minimum absolute atomic E-state index is 0.0394. The van der Waals surface area contributed by atoms with Crippen molar-refractivity contribution < 1.29 is 14.9 Å². The van der Waals surface area contributed by atoms with Crippen LogP contribution in [0.1, 0.15) is 19.3 Å². The van der Waals surface area contributed by atoms with E-state index in [0.29, 0.717) is 6.54 Å². The van der Waals surface area contributed by atoms with E-state index in [4.69, 9.17) is 15.6 Å². The van der Waals surface area contributed by atoms with Crippen LogP contribution in [-0.4, -0.2) is 65.7 Å². The Kier molecular flexibility index (Phi) is 4.16. The van der Waals surface area contributed by atoms with Gasteiger partial charge >= 0.3 is 0 Å². The van der Waals surface area contributed by atoms with Gasteiger partial charge in [0, 0.05) is 6.54 Å². The Balaban J connectivity index is 2.04. The van der Waals surface area contributed by atoms with E-state index in [1.54, 1.807) is 0 Å². The van der Waals surface area contributed by atoms with Gasteiger partial charge in [0.05, 0.1) is 18.8 Å². The third-order valence-electron chi connectivity index (χ3n) is 3.69. The molecule has 0 unspecified atom stereocenters. The molecule has 2 aliphatic heterocycles. The van der Waals surface area contributed by atoms with Crippen LogP contribution < -0.4 is 5.73 Å². The maximum atomic E-state index is 10.1. The third-order valence-corrected chi connectivity index (χ3v) is 3.69. The lowest BCUT2D eigenvalue weighted by Crippen LogP contribution is -2.51. The van der Waals surface area contributed by atoms with E-state index in [-0.39, 0.29) is 18.8 Å². The number of hydrogen-bond acceptors (Lipinski definition) is 5. The van der Waals surface area contributed by atoms with Crippen molar-refractivity contribution in [3.8, 4) is 0 Å². The zero-order chi connectivity index (χ0) is 11.5. The van der Waals surface area contributed by atoms with Crippen LogP contribution in [-0.2, 0) is 4.74 Å². The molecule has 0 amide bonds. The van der Waals surface area contributed by atoms with Crippen LogP contribution >= 0.6 is 0 Å². The summed E-state index contributed by atoms with van der Waals surface area (Å²) in [5.74, 6) is 0. The Labute approximate surface area is 96.2 Å². The summed E-state index contributed by atoms with van der Waals surface area (Å²) in [5, 5.41) is 19.2. The first-order valence-corrected chi connectivity index (χ1v) is 6.16. The van der Waals surface area contributed by atoms with Gasteiger partial charge in [0.1, 0.15) is 12.2 Å². The van der Waals surface area contributed by atoms with Crippen molar-refractivity contribution >= 4 is 0 Å². The number of aliphatic hydroxyl groups is 2.